The lowest BCUT2D eigenvalue weighted by atomic mass is 10.2. The second-order valence-corrected chi connectivity index (χ2v) is 7.17. The summed E-state index contributed by atoms with van der Waals surface area (Å²) in [5.74, 6) is 0.0272. The van der Waals surface area contributed by atoms with Gasteiger partial charge in [-0.25, -0.2) is 9.37 Å². The van der Waals surface area contributed by atoms with Gasteiger partial charge in [0.2, 0.25) is 0 Å². The zero-order chi connectivity index (χ0) is 20.6. The second kappa shape index (κ2) is 9.99. The number of carbonyl (C=O) groups excluding carboxylic acids is 1. The molecule has 0 radical (unpaired) electrons. The highest BCUT2D eigenvalue weighted by Crippen LogP contribution is 2.26. The van der Waals surface area contributed by atoms with E-state index in [4.69, 9.17) is 14.2 Å². The number of amides is 1. The van der Waals surface area contributed by atoms with Crippen molar-refractivity contribution in [3.05, 3.63) is 69.9 Å². The Hall–Kier alpha value is -2.97. The van der Waals surface area contributed by atoms with Crippen molar-refractivity contribution >= 4 is 22.9 Å². The molecule has 0 unspecified atom stereocenters. The maximum Gasteiger partial charge on any atom is 0.255 e. The van der Waals surface area contributed by atoms with E-state index in [1.807, 2.05) is 12.3 Å². The van der Waals surface area contributed by atoms with Crippen LogP contribution in [0.3, 0.4) is 0 Å². The number of nitrogens with zero attached hydrogens (tertiary/aromatic N) is 1. The third-order valence-electron chi connectivity index (χ3n) is 3.88. The first-order valence-corrected chi connectivity index (χ1v) is 9.79. The lowest BCUT2D eigenvalue weighted by Crippen LogP contribution is -2.14. The van der Waals surface area contributed by atoms with Crippen molar-refractivity contribution in [3.8, 4) is 11.5 Å². The molecule has 0 bridgehead atoms. The van der Waals surface area contributed by atoms with Crippen molar-refractivity contribution in [1.82, 2.24) is 4.98 Å². The summed E-state index contributed by atoms with van der Waals surface area (Å²) in [5.41, 5.74) is 1.46. The Kier molecular flexibility index (Phi) is 7.15. The van der Waals surface area contributed by atoms with Crippen LogP contribution >= 0.6 is 11.3 Å². The van der Waals surface area contributed by atoms with Gasteiger partial charge >= 0.3 is 0 Å². The Morgan fingerprint density at radius 2 is 2.03 bits per heavy atom. The van der Waals surface area contributed by atoms with E-state index in [2.05, 4.69) is 10.3 Å². The molecule has 0 aliphatic carbocycles. The molecule has 1 aromatic heterocycles. The van der Waals surface area contributed by atoms with Gasteiger partial charge in [-0.05, 0) is 37.3 Å². The number of nitrogens with one attached hydrogen (secondary N) is 1. The van der Waals surface area contributed by atoms with Gasteiger partial charge in [-0.15, -0.1) is 11.3 Å². The lowest BCUT2D eigenvalue weighted by molar-refractivity contribution is 0.102. The van der Waals surface area contributed by atoms with Gasteiger partial charge < -0.3 is 19.5 Å². The zero-order valence-electron chi connectivity index (χ0n) is 16.1. The summed E-state index contributed by atoms with van der Waals surface area (Å²) >= 11 is 1.55. The first kappa shape index (κ1) is 20.8. The highest BCUT2D eigenvalue weighted by Gasteiger charge is 2.12. The van der Waals surface area contributed by atoms with E-state index in [0.29, 0.717) is 30.3 Å². The van der Waals surface area contributed by atoms with Crippen LogP contribution in [-0.2, 0) is 11.3 Å². The average Bonchev–Trinajstić information content (AvgIpc) is 3.13. The number of rotatable bonds is 9. The van der Waals surface area contributed by atoms with Crippen molar-refractivity contribution in [2.24, 2.45) is 0 Å². The summed E-state index contributed by atoms with van der Waals surface area (Å²) < 4.78 is 29.9. The Bertz CT molecular complexity index is 977. The van der Waals surface area contributed by atoms with Crippen LogP contribution in [0, 0.1) is 12.7 Å². The predicted molar refractivity (Wildman–Crippen MR) is 109 cm³/mol. The topological polar surface area (TPSA) is 69.7 Å². The largest absolute Gasteiger partial charge is 0.489 e. The normalized spacial score (nSPS) is 10.6. The number of anilines is 1. The molecule has 0 aliphatic heterocycles. The highest BCUT2D eigenvalue weighted by atomic mass is 32.1. The zero-order valence-corrected chi connectivity index (χ0v) is 16.9. The van der Waals surface area contributed by atoms with Crippen LogP contribution in [0.4, 0.5) is 10.1 Å². The van der Waals surface area contributed by atoms with Crippen molar-refractivity contribution in [3.63, 3.8) is 0 Å². The average molecular weight is 416 g/mol. The number of aromatic nitrogens is 1. The Labute approximate surface area is 172 Å². The first-order valence-electron chi connectivity index (χ1n) is 8.91. The monoisotopic (exact) mass is 416 g/mol. The summed E-state index contributed by atoms with van der Waals surface area (Å²) in [4.78, 5) is 17.0. The van der Waals surface area contributed by atoms with Crippen molar-refractivity contribution in [1.29, 1.82) is 0 Å². The molecule has 3 rings (SSSR count). The minimum atomic E-state index is -0.477. The van der Waals surface area contributed by atoms with Crippen LogP contribution in [0.5, 0.6) is 11.5 Å². The Morgan fingerprint density at radius 3 is 2.79 bits per heavy atom. The molecule has 0 spiro atoms. The van der Waals surface area contributed by atoms with Gasteiger partial charge in [0.05, 0.1) is 23.0 Å². The van der Waals surface area contributed by atoms with Crippen LogP contribution in [-0.4, -0.2) is 31.2 Å². The van der Waals surface area contributed by atoms with Crippen LogP contribution in [0.2, 0.25) is 0 Å². The number of thiazole rings is 1. The standard InChI is InChI=1S/C21H21FN2O4S/c1-14-23-17(13-29-14)12-28-18-5-3-4-15(10-18)21(25)24-19-11-16(22)6-7-20(19)27-9-8-26-2/h3-7,10-11,13H,8-9,12H2,1-2H3,(H,24,25). The van der Waals surface area contributed by atoms with Gasteiger partial charge in [0.25, 0.3) is 5.91 Å². The number of halogens is 1. The fourth-order valence-corrected chi connectivity index (χ4v) is 3.11. The quantitative estimate of drug-likeness (QED) is 0.522. The van der Waals surface area contributed by atoms with Gasteiger partial charge in [0, 0.05) is 24.1 Å². The molecule has 1 heterocycles. The lowest BCUT2D eigenvalue weighted by Gasteiger charge is -2.13. The summed E-state index contributed by atoms with van der Waals surface area (Å²) in [5, 5.41) is 5.59. The maximum absolute atomic E-state index is 13.7. The van der Waals surface area contributed by atoms with Gasteiger partial charge in [-0.1, -0.05) is 6.07 Å². The summed E-state index contributed by atoms with van der Waals surface area (Å²) in [6.45, 7) is 2.91. The molecule has 0 fully saturated rings. The highest BCUT2D eigenvalue weighted by molar-refractivity contribution is 7.09. The first-order chi connectivity index (χ1) is 14.0. The van der Waals surface area contributed by atoms with E-state index in [9.17, 15) is 9.18 Å². The minimum Gasteiger partial charge on any atom is -0.489 e. The summed E-state index contributed by atoms with van der Waals surface area (Å²) in [6.07, 6.45) is 0. The predicted octanol–water partition coefficient (Wildman–Crippen LogP) is 4.45. The molecule has 0 saturated heterocycles. The number of hydrogen-bond acceptors (Lipinski definition) is 6. The fraction of sp³-hybridized carbons (Fsp3) is 0.238. The SMILES string of the molecule is COCCOc1ccc(F)cc1NC(=O)c1cccc(OCc2csc(C)n2)c1. The molecular formula is C21H21FN2O4S. The number of carbonyl (C=O) groups is 1. The van der Waals surface area contributed by atoms with Gasteiger partial charge in [0.1, 0.15) is 30.5 Å². The molecule has 8 heteroatoms. The van der Waals surface area contributed by atoms with E-state index in [1.165, 1.54) is 18.2 Å². The number of ether oxygens (including phenoxy) is 3. The molecular weight excluding hydrogens is 395 g/mol. The number of hydrogen-bond donors (Lipinski definition) is 1. The molecule has 2 aromatic carbocycles. The number of benzene rings is 2. The Balaban J connectivity index is 1.68. The van der Waals surface area contributed by atoms with Crippen LogP contribution < -0.4 is 14.8 Å². The van der Waals surface area contributed by atoms with E-state index in [-0.39, 0.29) is 12.3 Å². The number of aryl methyl sites for hydroxylation is 1. The third-order valence-corrected chi connectivity index (χ3v) is 4.71. The second-order valence-electron chi connectivity index (χ2n) is 6.11. The molecule has 0 atom stereocenters. The smallest absolute Gasteiger partial charge is 0.255 e. The third kappa shape index (κ3) is 6.00. The Morgan fingerprint density at radius 1 is 1.17 bits per heavy atom. The van der Waals surface area contributed by atoms with Crippen molar-refractivity contribution < 1.29 is 23.4 Å². The van der Waals surface area contributed by atoms with Crippen LogP contribution in [0.1, 0.15) is 21.1 Å². The van der Waals surface area contributed by atoms with E-state index >= 15 is 0 Å². The van der Waals surface area contributed by atoms with Crippen LogP contribution in [0.15, 0.2) is 47.8 Å². The van der Waals surface area contributed by atoms with Gasteiger partial charge in [-0.2, -0.15) is 0 Å². The summed E-state index contributed by atoms with van der Waals surface area (Å²) in [7, 11) is 1.56. The van der Waals surface area contributed by atoms with Gasteiger partial charge in [0.15, 0.2) is 0 Å². The molecule has 152 valence electrons. The van der Waals surface area contributed by atoms with E-state index < -0.39 is 11.7 Å². The molecule has 0 saturated carbocycles. The fourth-order valence-electron chi connectivity index (χ4n) is 2.51. The molecule has 6 nitrogen and oxygen atoms in total. The van der Waals surface area contributed by atoms with Crippen molar-refractivity contribution in [2.75, 3.05) is 25.6 Å². The van der Waals surface area contributed by atoms with E-state index in [0.717, 1.165) is 10.7 Å². The molecule has 29 heavy (non-hydrogen) atoms. The molecule has 1 amide bonds. The minimum absolute atomic E-state index is 0.246. The van der Waals surface area contributed by atoms with E-state index in [1.54, 1.807) is 42.7 Å². The molecule has 3 aromatic rings. The van der Waals surface area contributed by atoms with Gasteiger partial charge in [-0.3, -0.25) is 4.79 Å². The van der Waals surface area contributed by atoms with Crippen molar-refractivity contribution in [2.45, 2.75) is 13.5 Å². The molecule has 1 N–H and O–H groups in total. The van der Waals surface area contributed by atoms with Crippen LogP contribution in [0.25, 0.3) is 0 Å². The molecule has 0 aliphatic rings. The maximum atomic E-state index is 13.7. The summed E-state index contributed by atoms with van der Waals surface area (Å²) in [6, 6.07) is 10.7. The number of methoxy groups -OCH3 is 1.